The maximum Gasteiger partial charge on any atom is 0.118 e. The van der Waals surface area contributed by atoms with Crippen LogP contribution in [0.5, 0.6) is 5.75 Å². The van der Waals surface area contributed by atoms with Gasteiger partial charge in [-0.05, 0) is 35.4 Å². The molecule has 0 N–H and O–H groups in total. The van der Waals surface area contributed by atoms with E-state index in [1.165, 1.54) is 0 Å². The summed E-state index contributed by atoms with van der Waals surface area (Å²) in [7, 11) is 0.439. The monoisotopic (exact) mass is 322 g/mol. The van der Waals surface area contributed by atoms with E-state index in [4.69, 9.17) is 4.74 Å². The van der Waals surface area contributed by atoms with Gasteiger partial charge in [0.05, 0.1) is 23.2 Å². The molecule has 0 heterocycles. The molecule has 116 valence electrons. The van der Waals surface area contributed by atoms with Crippen molar-refractivity contribution in [2.75, 3.05) is 7.11 Å². The molecule has 3 aromatic rings. The molecule has 1 atom stereocenters. The molecule has 0 bridgehead atoms. The zero-order valence-corrected chi connectivity index (χ0v) is 13.7. The number of benzene rings is 3. The summed E-state index contributed by atoms with van der Waals surface area (Å²) < 4.78 is 18.4. The average Bonchev–Trinajstić information content (AvgIpc) is 2.64. The van der Waals surface area contributed by atoms with Crippen LogP contribution >= 0.6 is 0 Å². The first-order valence-corrected chi connectivity index (χ1v) is 8.65. The zero-order chi connectivity index (χ0) is 16.1. The Bertz CT molecular complexity index is 728. The van der Waals surface area contributed by atoms with Crippen molar-refractivity contribution in [3.8, 4) is 5.75 Å². The molecule has 0 amide bonds. The summed E-state index contributed by atoms with van der Waals surface area (Å²) in [5.41, 5.74) is 2.10. The minimum Gasteiger partial charge on any atom is -0.497 e. The van der Waals surface area contributed by atoms with Gasteiger partial charge in [-0.3, -0.25) is 4.21 Å². The van der Waals surface area contributed by atoms with Crippen molar-refractivity contribution in [2.45, 2.75) is 10.1 Å². The molecular formula is C20H18O2S. The zero-order valence-electron chi connectivity index (χ0n) is 12.9. The second-order valence-electron chi connectivity index (χ2n) is 5.17. The van der Waals surface area contributed by atoms with Crippen molar-refractivity contribution in [1.82, 2.24) is 0 Å². The Balaban J connectivity index is 2.02. The predicted octanol–water partition coefficient (Wildman–Crippen LogP) is 4.59. The van der Waals surface area contributed by atoms with E-state index in [-0.39, 0.29) is 5.25 Å². The quantitative estimate of drug-likeness (QED) is 0.686. The number of hydrogen-bond acceptors (Lipinski definition) is 2. The molecule has 2 nitrogen and oxygen atoms in total. The molecule has 0 aliphatic carbocycles. The smallest absolute Gasteiger partial charge is 0.118 e. The lowest BCUT2D eigenvalue weighted by Crippen LogP contribution is -2.09. The summed E-state index contributed by atoms with van der Waals surface area (Å²) in [5, 5.41) is -0.189. The van der Waals surface area contributed by atoms with Crippen LogP contribution in [0.25, 0.3) is 0 Å². The highest BCUT2D eigenvalue weighted by Crippen LogP contribution is 2.32. The minimum absolute atomic E-state index is 0.189. The number of hydrogen-bond donors (Lipinski definition) is 0. The maximum absolute atomic E-state index is 13.2. The number of methoxy groups -OCH3 is 1. The van der Waals surface area contributed by atoms with Crippen molar-refractivity contribution in [1.29, 1.82) is 0 Å². The van der Waals surface area contributed by atoms with E-state index in [0.29, 0.717) is 0 Å². The minimum atomic E-state index is -1.19. The van der Waals surface area contributed by atoms with E-state index in [2.05, 4.69) is 0 Å². The van der Waals surface area contributed by atoms with Gasteiger partial charge in [-0.1, -0.05) is 60.7 Å². The third-order valence-electron chi connectivity index (χ3n) is 3.71. The van der Waals surface area contributed by atoms with E-state index >= 15 is 0 Å². The van der Waals surface area contributed by atoms with Crippen molar-refractivity contribution in [3.05, 3.63) is 96.1 Å². The molecule has 0 radical (unpaired) electrons. The van der Waals surface area contributed by atoms with Crippen LogP contribution in [-0.2, 0) is 10.8 Å². The summed E-state index contributed by atoms with van der Waals surface area (Å²) in [5.74, 6) is 0.765. The molecule has 3 heteroatoms. The van der Waals surface area contributed by atoms with Gasteiger partial charge in [-0.25, -0.2) is 0 Å². The lowest BCUT2D eigenvalue weighted by Gasteiger charge is -2.18. The van der Waals surface area contributed by atoms with Gasteiger partial charge in [0.2, 0.25) is 0 Å². The molecule has 0 fully saturated rings. The second kappa shape index (κ2) is 7.25. The first-order valence-electron chi connectivity index (χ1n) is 7.44. The lowest BCUT2D eigenvalue weighted by molar-refractivity contribution is 0.414. The van der Waals surface area contributed by atoms with Crippen LogP contribution in [0.2, 0.25) is 0 Å². The third-order valence-corrected chi connectivity index (χ3v) is 5.42. The average molecular weight is 322 g/mol. The fraction of sp³-hybridized carbons (Fsp3) is 0.100. The summed E-state index contributed by atoms with van der Waals surface area (Å²) >= 11 is 0. The molecule has 23 heavy (non-hydrogen) atoms. The molecule has 3 aromatic carbocycles. The molecular weight excluding hydrogens is 304 g/mol. The van der Waals surface area contributed by atoms with Crippen molar-refractivity contribution < 1.29 is 8.95 Å². The normalized spacial score (nSPS) is 12.1. The Hall–Kier alpha value is -2.39. The first-order chi connectivity index (χ1) is 11.3. The van der Waals surface area contributed by atoms with Gasteiger partial charge in [0.1, 0.15) is 5.75 Å². The van der Waals surface area contributed by atoms with Gasteiger partial charge in [0.25, 0.3) is 0 Å². The van der Waals surface area contributed by atoms with Crippen LogP contribution in [0.15, 0.2) is 89.8 Å². The lowest BCUT2D eigenvalue weighted by atomic mass is 10.0. The summed E-state index contributed by atoms with van der Waals surface area (Å²) in [6, 6.07) is 27.4. The van der Waals surface area contributed by atoms with E-state index in [9.17, 15) is 4.21 Å². The molecule has 0 aromatic heterocycles. The Morgan fingerprint density at radius 2 is 1.22 bits per heavy atom. The van der Waals surface area contributed by atoms with Crippen LogP contribution in [0, 0.1) is 0 Å². The largest absolute Gasteiger partial charge is 0.497 e. The van der Waals surface area contributed by atoms with Crippen LogP contribution in [0.1, 0.15) is 16.4 Å². The molecule has 3 rings (SSSR count). The SMILES string of the molecule is COc1ccc(S(=O)C(c2ccccc2)c2ccccc2)cc1. The topological polar surface area (TPSA) is 26.3 Å². The molecule has 0 saturated heterocycles. The highest BCUT2D eigenvalue weighted by Gasteiger charge is 2.22. The van der Waals surface area contributed by atoms with Crippen LogP contribution < -0.4 is 4.74 Å². The summed E-state index contributed by atoms with van der Waals surface area (Å²) in [6.45, 7) is 0. The van der Waals surface area contributed by atoms with Crippen LogP contribution in [0.3, 0.4) is 0 Å². The van der Waals surface area contributed by atoms with Gasteiger partial charge < -0.3 is 4.74 Å². The number of rotatable bonds is 5. The van der Waals surface area contributed by atoms with Gasteiger partial charge in [-0.15, -0.1) is 0 Å². The Labute approximate surface area is 139 Å². The van der Waals surface area contributed by atoms with Crippen LogP contribution in [-0.4, -0.2) is 11.3 Å². The van der Waals surface area contributed by atoms with Gasteiger partial charge in [0, 0.05) is 4.90 Å². The van der Waals surface area contributed by atoms with E-state index in [0.717, 1.165) is 21.8 Å². The van der Waals surface area contributed by atoms with Gasteiger partial charge in [-0.2, -0.15) is 0 Å². The van der Waals surface area contributed by atoms with E-state index in [1.54, 1.807) is 7.11 Å². The highest BCUT2D eigenvalue weighted by molar-refractivity contribution is 7.85. The van der Waals surface area contributed by atoms with E-state index < -0.39 is 10.8 Å². The fourth-order valence-corrected chi connectivity index (χ4v) is 4.03. The Morgan fingerprint density at radius 1 is 0.739 bits per heavy atom. The molecule has 1 unspecified atom stereocenters. The van der Waals surface area contributed by atoms with Crippen molar-refractivity contribution in [2.24, 2.45) is 0 Å². The molecule has 0 aliphatic rings. The Morgan fingerprint density at radius 3 is 1.65 bits per heavy atom. The molecule has 0 saturated carbocycles. The first kappa shape index (κ1) is 15.5. The van der Waals surface area contributed by atoms with Crippen molar-refractivity contribution >= 4 is 10.8 Å². The fourth-order valence-electron chi connectivity index (χ4n) is 2.54. The highest BCUT2D eigenvalue weighted by atomic mass is 32.2. The Kier molecular flexibility index (Phi) is 4.89. The van der Waals surface area contributed by atoms with Gasteiger partial charge in [0.15, 0.2) is 0 Å². The molecule has 0 spiro atoms. The maximum atomic E-state index is 13.2. The third kappa shape index (κ3) is 3.51. The van der Waals surface area contributed by atoms with Crippen molar-refractivity contribution in [3.63, 3.8) is 0 Å². The summed E-state index contributed by atoms with van der Waals surface area (Å²) in [6.07, 6.45) is 0. The standard InChI is InChI=1S/C20H18O2S/c1-22-18-12-14-19(15-13-18)23(21)20(16-8-4-2-5-9-16)17-10-6-3-7-11-17/h2-15,20H,1H3. The molecule has 0 aliphatic heterocycles. The van der Waals surface area contributed by atoms with Crippen LogP contribution in [0.4, 0.5) is 0 Å². The van der Waals surface area contributed by atoms with E-state index in [1.807, 2.05) is 84.9 Å². The second-order valence-corrected chi connectivity index (χ2v) is 6.71. The number of ether oxygens (including phenoxy) is 1. The predicted molar refractivity (Wildman–Crippen MR) is 94.1 cm³/mol. The van der Waals surface area contributed by atoms with Gasteiger partial charge >= 0.3 is 0 Å². The summed E-state index contributed by atoms with van der Waals surface area (Å²) in [4.78, 5) is 0.795.